The predicted molar refractivity (Wildman–Crippen MR) is 70.6 cm³/mol. The number of ether oxygens (including phenoxy) is 1. The van der Waals surface area contributed by atoms with E-state index in [1.807, 2.05) is 19.1 Å². The third-order valence-electron chi connectivity index (χ3n) is 2.40. The minimum Gasteiger partial charge on any atom is -0.435 e. The Labute approximate surface area is 111 Å². The van der Waals surface area contributed by atoms with Gasteiger partial charge in [0.05, 0.1) is 5.52 Å². The van der Waals surface area contributed by atoms with Crippen LogP contribution in [-0.2, 0) is 0 Å². The van der Waals surface area contributed by atoms with Crippen molar-refractivity contribution in [1.29, 1.82) is 0 Å². The van der Waals surface area contributed by atoms with Crippen LogP contribution in [0.25, 0.3) is 11.0 Å². The fourth-order valence-electron chi connectivity index (χ4n) is 1.62. The van der Waals surface area contributed by atoms with Gasteiger partial charge in [0.1, 0.15) is 5.52 Å². The van der Waals surface area contributed by atoms with E-state index in [1.54, 1.807) is 18.5 Å². The molecule has 0 aliphatic heterocycles. The summed E-state index contributed by atoms with van der Waals surface area (Å²) in [6, 6.07) is 5.49. The SMILES string of the molecule is Cc1cc(Oc2ccnc3cc(Br)cnc23)n[nH]1. The number of halogens is 1. The summed E-state index contributed by atoms with van der Waals surface area (Å²) < 4.78 is 6.58. The largest absolute Gasteiger partial charge is 0.435 e. The molecule has 0 saturated carbocycles. The van der Waals surface area contributed by atoms with Crippen molar-refractivity contribution < 1.29 is 4.74 Å². The minimum absolute atomic E-state index is 0.518. The van der Waals surface area contributed by atoms with Crippen molar-refractivity contribution in [3.05, 3.63) is 40.8 Å². The number of pyridine rings is 2. The molecular formula is C12H9BrN4O. The van der Waals surface area contributed by atoms with Gasteiger partial charge in [0.2, 0.25) is 5.88 Å². The van der Waals surface area contributed by atoms with E-state index in [1.165, 1.54) is 0 Å². The molecule has 0 aromatic carbocycles. The summed E-state index contributed by atoms with van der Waals surface area (Å²) in [5, 5.41) is 6.86. The highest BCUT2D eigenvalue weighted by molar-refractivity contribution is 9.10. The van der Waals surface area contributed by atoms with Crippen LogP contribution >= 0.6 is 15.9 Å². The van der Waals surface area contributed by atoms with Crippen molar-refractivity contribution in [3.8, 4) is 11.6 Å². The lowest BCUT2D eigenvalue weighted by atomic mass is 10.3. The van der Waals surface area contributed by atoms with Crippen LogP contribution in [0.5, 0.6) is 11.6 Å². The van der Waals surface area contributed by atoms with E-state index in [9.17, 15) is 0 Å². The maximum Gasteiger partial charge on any atom is 0.238 e. The summed E-state index contributed by atoms with van der Waals surface area (Å²) in [5.41, 5.74) is 2.43. The lowest BCUT2D eigenvalue weighted by Gasteiger charge is -2.04. The normalized spacial score (nSPS) is 10.8. The summed E-state index contributed by atoms with van der Waals surface area (Å²) >= 11 is 3.37. The smallest absolute Gasteiger partial charge is 0.238 e. The van der Waals surface area contributed by atoms with E-state index in [-0.39, 0.29) is 0 Å². The third-order valence-corrected chi connectivity index (χ3v) is 2.84. The first-order chi connectivity index (χ1) is 8.72. The van der Waals surface area contributed by atoms with E-state index in [4.69, 9.17) is 4.74 Å². The molecular weight excluding hydrogens is 296 g/mol. The predicted octanol–water partition coefficient (Wildman–Crippen LogP) is 3.22. The maximum atomic E-state index is 5.69. The van der Waals surface area contributed by atoms with Crippen LogP contribution in [0, 0.1) is 6.92 Å². The standard InChI is InChI=1S/C12H9BrN4O/c1-7-4-11(17-16-7)18-10-2-3-14-9-5-8(13)6-15-12(9)10/h2-6H,1H3,(H,16,17). The minimum atomic E-state index is 0.518. The summed E-state index contributed by atoms with van der Waals surface area (Å²) in [5.74, 6) is 1.16. The van der Waals surface area contributed by atoms with E-state index in [0.29, 0.717) is 17.1 Å². The Bertz CT molecular complexity index is 710. The second-order valence-electron chi connectivity index (χ2n) is 3.82. The van der Waals surface area contributed by atoms with Gasteiger partial charge >= 0.3 is 0 Å². The monoisotopic (exact) mass is 304 g/mol. The number of aromatic nitrogens is 4. The van der Waals surface area contributed by atoms with Gasteiger partial charge in [0, 0.05) is 34.7 Å². The number of fused-ring (bicyclic) bond motifs is 1. The van der Waals surface area contributed by atoms with Gasteiger partial charge in [-0.25, -0.2) is 4.98 Å². The van der Waals surface area contributed by atoms with Gasteiger partial charge in [-0.15, -0.1) is 5.10 Å². The van der Waals surface area contributed by atoms with Crippen LogP contribution in [0.15, 0.2) is 35.1 Å². The van der Waals surface area contributed by atoms with Crippen LogP contribution in [0.4, 0.5) is 0 Å². The molecule has 0 spiro atoms. The number of nitrogens with zero attached hydrogens (tertiary/aromatic N) is 3. The number of hydrogen-bond acceptors (Lipinski definition) is 4. The van der Waals surface area contributed by atoms with Crippen LogP contribution in [0.1, 0.15) is 5.69 Å². The fraction of sp³-hybridized carbons (Fsp3) is 0.0833. The molecule has 0 fully saturated rings. The summed E-state index contributed by atoms with van der Waals surface area (Å²) in [6.07, 6.45) is 3.40. The summed E-state index contributed by atoms with van der Waals surface area (Å²) in [7, 11) is 0. The zero-order valence-electron chi connectivity index (χ0n) is 9.51. The Morgan fingerprint density at radius 1 is 1.28 bits per heavy atom. The van der Waals surface area contributed by atoms with Gasteiger partial charge in [-0.2, -0.15) is 0 Å². The summed E-state index contributed by atoms with van der Waals surface area (Å²) in [4.78, 5) is 8.56. The van der Waals surface area contributed by atoms with Crippen molar-refractivity contribution in [2.24, 2.45) is 0 Å². The molecule has 1 N–H and O–H groups in total. The lowest BCUT2D eigenvalue weighted by molar-refractivity contribution is 0.465. The molecule has 6 heteroatoms. The van der Waals surface area contributed by atoms with Gasteiger partial charge < -0.3 is 4.74 Å². The number of nitrogens with one attached hydrogen (secondary N) is 1. The fourth-order valence-corrected chi connectivity index (χ4v) is 1.94. The van der Waals surface area contributed by atoms with Crippen molar-refractivity contribution in [2.75, 3.05) is 0 Å². The number of rotatable bonds is 2. The molecule has 0 aliphatic carbocycles. The second-order valence-corrected chi connectivity index (χ2v) is 4.74. The molecule has 3 aromatic rings. The Hall–Kier alpha value is -1.95. The Kier molecular flexibility index (Phi) is 2.71. The molecule has 3 aromatic heterocycles. The van der Waals surface area contributed by atoms with Crippen LogP contribution in [0.2, 0.25) is 0 Å². The number of aromatic amines is 1. The first kappa shape index (κ1) is 11.2. The first-order valence-corrected chi connectivity index (χ1v) is 6.12. The summed E-state index contributed by atoms with van der Waals surface area (Å²) in [6.45, 7) is 1.92. The van der Waals surface area contributed by atoms with Gasteiger partial charge in [0.25, 0.3) is 0 Å². The van der Waals surface area contributed by atoms with E-state index in [0.717, 1.165) is 15.7 Å². The van der Waals surface area contributed by atoms with Gasteiger partial charge in [-0.3, -0.25) is 10.1 Å². The quantitative estimate of drug-likeness (QED) is 0.789. The molecule has 0 unspecified atom stereocenters. The van der Waals surface area contributed by atoms with Crippen molar-refractivity contribution in [2.45, 2.75) is 6.92 Å². The Morgan fingerprint density at radius 3 is 2.94 bits per heavy atom. The van der Waals surface area contributed by atoms with Crippen molar-refractivity contribution in [3.63, 3.8) is 0 Å². The average Bonchev–Trinajstić information content (AvgIpc) is 2.75. The zero-order valence-corrected chi connectivity index (χ0v) is 11.1. The molecule has 0 aliphatic rings. The highest BCUT2D eigenvalue weighted by Gasteiger charge is 2.07. The molecule has 18 heavy (non-hydrogen) atoms. The maximum absolute atomic E-state index is 5.69. The molecule has 3 heterocycles. The number of H-pyrrole nitrogens is 1. The molecule has 0 radical (unpaired) electrons. The van der Waals surface area contributed by atoms with Crippen molar-refractivity contribution >= 4 is 27.0 Å². The van der Waals surface area contributed by atoms with Crippen LogP contribution in [-0.4, -0.2) is 20.2 Å². The topological polar surface area (TPSA) is 63.7 Å². The van der Waals surface area contributed by atoms with Gasteiger partial charge in [0.15, 0.2) is 5.75 Å². The van der Waals surface area contributed by atoms with E-state index < -0.39 is 0 Å². The lowest BCUT2D eigenvalue weighted by Crippen LogP contribution is -1.90. The molecule has 0 saturated heterocycles. The average molecular weight is 305 g/mol. The first-order valence-electron chi connectivity index (χ1n) is 5.32. The molecule has 3 rings (SSSR count). The third kappa shape index (κ3) is 2.06. The Balaban J connectivity index is 2.06. The molecule has 0 bridgehead atoms. The molecule has 0 atom stereocenters. The molecule has 5 nitrogen and oxygen atoms in total. The van der Waals surface area contributed by atoms with E-state index >= 15 is 0 Å². The number of aryl methyl sites for hydroxylation is 1. The van der Waals surface area contributed by atoms with Crippen LogP contribution in [0.3, 0.4) is 0 Å². The number of hydrogen-bond donors (Lipinski definition) is 1. The highest BCUT2D eigenvalue weighted by Crippen LogP contribution is 2.27. The van der Waals surface area contributed by atoms with Gasteiger partial charge in [-0.05, 0) is 28.9 Å². The Morgan fingerprint density at radius 2 is 2.17 bits per heavy atom. The molecule has 0 amide bonds. The zero-order chi connectivity index (χ0) is 12.5. The highest BCUT2D eigenvalue weighted by atomic mass is 79.9. The molecule has 90 valence electrons. The second kappa shape index (κ2) is 4.38. The van der Waals surface area contributed by atoms with Crippen molar-refractivity contribution in [1.82, 2.24) is 20.2 Å². The van der Waals surface area contributed by atoms with Crippen LogP contribution < -0.4 is 4.74 Å². The van der Waals surface area contributed by atoms with Gasteiger partial charge in [-0.1, -0.05) is 0 Å². The van der Waals surface area contributed by atoms with E-state index in [2.05, 4.69) is 36.1 Å².